The number of carbonyl (C=O) groups excluding carboxylic acids is 1. The minimum atomic E-state index is -0.173. The van der Waals surface area contributed by atoms with Gasteiger partial charge >= 0.3 is 6.03 Å². The maximum absolute atomic E-state index is 11.8. The Hall–Kier alpha value is -2.50. The summed E-state index contributed by atoms with van der Waals surface area (Å²) in [6, 6.07) is 9.39. The molecule has 24 heavy (non-hydrogen) atoms. The normalized spacial score (nSPS) is 13.2. The largest absolute Gasteiger partial charge is 0.492 e. The minimum Gasteiger partial charge on any atom is -0.492 e. The highest BCUT2D eigenvalue weighted by Gasteiger charge is 2.14. The number of para-hydroxylation sites is 1. The zero-order valence-electron chi connectivity index (χ0n) is 13.8. The molecule has 0 atom stereocenters. The first-order valence-corrected chi connectivity index (χ1v) is 8.56. The highest BCUT2D eigenvalue weighted by molar-refractivity contribution is 5.73. The molecule has 1 aromatic heterocycles. The number of urea groups is 1. The van der Waals surface area contributed by atoms with Crippen LogP contribution in [0.4, 0.5) is 4.79 Å². The molecule has 2 amide bonds. The molecular formula is C18H24N4O2. The van der Waals surface area contributed by atoms with E-state index in [0.29, 0.717) is 26.2 Å². The molecule has 1 aromatic carbocycles. The van der Waals surface area contributed by atoms with E-state index in [9.17, 15) is 4.79 Å². The number of carbonyl (C=O) groups is 1. The van der Waals surface area contributed by atoms with Crippen molar-refractivity contribution in [3.8, 4) is 5.75 Å². The number of hydrogen-bond acceptors (Lipinski definition) is 3. The second-order valence-corrected chi connectivity index (χ2v) is 5.89. The Labute approximate surface area is 142 Å². The first-order valence-electron chi connectivity index (χ1n) is 8.56. The van der Waals surface area contributed by atoms with Gasteiger partial charge in [-0.05, 0) is 43.4 Å². The van der Waals surface area contributed by atoms with Crippen LogP contribution in [0.2, 0.25) is 0 Å². The molecule has 6 heteroatoms. The smallest absolute Gasteiger partial charge is 0.314 e. The SMILES string of the molecule is O=C(NCCOc1ccccc1)NCCn1ncc2c1CCCC2. The highest BCUT2D eigenvalue weighted by Crippen LogP contribution is 2.20. The van der Waals surface area contributed by atoms with Gasteiger partial charge in [0.1, 0.15) is 12.4 Å². The lowest BCUT2D eigenvalue weighted by molar-refractivity contribution is 0.236. The summed E-state index contributed by atoms with van der Waals surface area (Å²) in [7, 11) is 0. The summed E-state index contributed by atoms with van der Waals surface area (Å²) in [5, 5.41) is 10.1. The number of benzene rings is 1. The van der Waals surface area contributed by atoms with E-state index in [-0.39, 0.29) is 6.03 Å². The van der Waals surface area contributed by atoms with Gasteiger partial charge in [-0.2, -0.15) is 5.10 Å². The lowest BCUT2D eigenvalue weighted by Crippen LogP contribution is -2.39. The van der Waals surface area contributed by atoms with Crippen molar-refractivity contribution in [2.75, 3.05) is 19.7 Å². The van der Waals surface area contributed by atoms with E-state index in [0.717, 1.165) is 18.6 Å². The molecule has 2 N–H and O–H groups in total. The molecule has 0 saturated carbocycles. The molecular weight excluding hydrogens is 304 g/mol. The molecule has 128 valence electrons. The third-order valence-corrected chi connectivity index (χ3v) is 4.15. The molecule has 2 aromatic rings. The molecule has 0 saturated heterocycles. The van der Waals surface area contributed by atoms with Crippen LogP contribution in [-0.4, -0.2) is 35.5 Å². The number of amides is 2. The van der Waals surface area contributed by atoms with Crippen molar-refractivity contribution in [2.24, 2.45) is 0 Å². The molecule has 6 nitrogen and oxygen atoms in total. The van der Waals surface area contributed by atoms with E-state index >= 15 is 0 Å². The number of aromatic nitrogens is 2. The second-order valence-electron chi connectivity index (χ2n) is 5.89. The van der Waals surface area contributed by atoms with E-state index in [1.54, 1.807) is 0 Å². The first-order chi connectivity index (χ1) is 11.8. The molecule has 0 radical (unpaired) electrons. The van der Waals surface area contributed by atoms with Crippen molar-refractivity contribution < 1.29 is 9.53 Å². The predicted molar refractivity (Wildman–Crippen MR) is 92.2 cm³/mol. The fourth-order valence-corrected chi connectivity index (χ4v) is 2.94. The molecule has 0 spiro atoms. The van der Waals surface area contributed by atoms with Gasteiger partial charge in [-0.1, -0.05) is 18.2 Å². The van der Waals surface area contributed by atoms with E-state index in [1.807, 2.05) is 41.2 Å². The quantitative estimate of drug-likeness (QED) is 0.765. The molecule has 1 heterocycles. The van der Waals surface area contributed by atoms with Gasteiger partial charge in [-0.15, -0.1) is 0 Å². The average Bonchev–Trinajstić information content (AvgIpc) is 3.03. The molecule has 1 aliphatic rings. The summed E-state index contributed by atoms with van der Waals surface area (Å²) in [4.78, 5) is 11.8. The van der Waals surface area contributed by atoms with Crippen LogP contribution in [0.25, 0.3) is 0 Å². The van der Waals surface area contributed by atoms with Gasteiger partial charge < -0.3 is 15.4 Å². The van der Waals surface area contributed by atoms with E-state index in [1.165, 1.54) is 24.1 Å². The van der Waals surface area contributed by atoms with Crippen molar-refractivity contribution in [2.45, 2.75) is 32.2 Å². The van der Waals surface area contributed by atoms with E-state index in [4.69, 9.17) is 4.74 Å². The fraction of sp³-hybridized carbons (Fsp3) is 0.444. The zero-order valence-corrected chi connectivity index (χ0v) is 13.8. The van der Waals surface area contributed by atoms with Crippen LogP contribution in [-0.2, 0) is 19.4 Å². The van der Waals surface area contributed by atoms with Crippen LogP contribution in [0.5, 0.6) is 5.75 Å². The van der Waals surface area contributed by atoms with Gasteiger partial charge in [0.2, 0.25) is 0 Å². The minimum absolute atomic E-state index is 0.173. The monoisotopic (exact) mass is 328 g/mol. The summed E-state index contributed by atoms with van der Waals surface area (Å²) in [5.74, 6) is 0.808. The summed E-state index contributed by atoms with van der Waals surface area (Å²) < 4.78 is 7.55. The van der Waals surface area contributed by atoms with Gasteiger partial charge in [-0.25, -0.2) is 4.79 Å². The van der Waals surface area contributed by atoms with Crippen molar-refractivity contribution in [1.29, 1.82) is 0 Å². The van der Waals surface area contributed by atoms with Gasteiger partial charge in [0, 0.05) is 12.2 Å². The fourth-order valence-electron chi connectivity index (χ4n) is 2.94. The summed E-state index contributed by atoms with van der Waals surface area (Å²) in [6.07, 6.45) is 6.68. The molecule has 0 fully saturated rings. The van der Waals surface area contributed by atoms with Crippen LogP contribution in [0.3, 0.4) is 0 Å². The van der Waals surface area contributed by atoms with Gasteiger partial charge in [0.05, 0.1) is 19.3 Å². The van der Waals surface area contributed by atoms with Gasteiger partial charge in [0.15, 0.2) is 0 Å². The Morgan fingerprint density at radius 1 is 1.12 bits per heavy atom. The number of nitrogens with one attached hydrogen (secondary N) is 2. The topological polar surface area (TPSA) is 68.2 Å². The number of ether oxygens (including phenoxy) is 1. The maximum atomic E-state index is 11.8. The predicted octanol–water partition coefficient (Wildman–Crippen LogP) is 2.14. The number of nitrogens with zero attached hydrogens (tertiary/aromatic N) is 2. The van der Waals surface area contributed by atoms with Crippen LogP contribution in [0.15, 0.2) is 36.5 Å². The van der Waals surface area contributed by atoms with Crippen molar-refractivity contribution in [1.82, 2.24) is 20.4 Å². The lowest BCUT2D eigenvalue weighted by Gasteiger charge is -2.14. The molecule has 3 rings (SSSR count). The van der Waals surface area contributed by atoms with Crippen LogP contribution >= 0.6 is 0 Å². The summed E-state index contributed by atoms with van der Waals surface area (Å²) in [6.45, 7) is 2.20. The van der Waals surface area contributed by atoms with E-state index in [2.05, 4.69) is 15.7 Å². The van der Waals surface area contributed by atoms with Crippen molar-refractivity contribution in [3.05, 3.63) is 47.8 Å². The average molecular weight is 328 g/mol. The Bertz CT molecular complexity index is 654. The molecule has 0 unspecified atom stereocenters. The zero-order chi connectivity index (χ0) is 16.6. The highest BCUT2D eigenvalue weighted by atomic mass is 16.5. The number of aryl methyl sites for hydroxylation is 1. The molecule has 0 aliphatic heterocycles. The Kier molecular flexibility index (Phi) is 5.71. The molecule has 1 aliphatic carbocycles. The second kappa shape index (κ2) is 8.38. The Balaban J connectivity index is 1.31. The maximum Gasteiger partial charge on any atom is 0.314 e. The summed E-state index contributed by atoms with van der Waals surface area (Å²) >= 11 is 0. The Morgan fingerprint density at radius 3 is 2.79 bits per heavy atom. The third-order valence-electron chi connectivity index (χ3n) is 4.15. The van der Waals surface area contributed by atoms with Crippen LogP contribution in [0.1, 0.15) is 24.1 Å². The Morgan fingerprint density at radius 2 is 1.92 bits per heavy atom. The number of rotatable bonds is 7. The van der Waals surface area contributed by atoms with E-state index < -0.39 is 0 Å². The standard InChI is InChI=1S/C18H24N4O2/c23-18(20-11-13-24-16-7-2-1-3-8-16)19-10-12-22-17-9-5-4-6-15(17)14-21-22/h1-3,7-8,14H,4-6,9-13H2,(H2,19,20,23). The number of hydrogen-bond donors (Lipinski definition) is 2. The van der Waals surface area contributed by atoms with Crippen molar-refractivity contribution in [3.63, 3.8) is 0 Å². The third kappa shape index (κ3) is 4.50. The van der Waals surface area contributed by atoms with Gasteiger partial charge in [0.25, 0.3) is 0 Å². The first kappa shape index (κ1) is 16.4. The number of fused-ring (bicyclic) bond motifs is 1. The van der Waals surface area contributed by atoms with Gasteiger partial charge in [-0.3, -0.25) is 4.68 Å². The summed E-state index contributed by atoms with van der Waals surface area (Å²) in [5.41, 5.74) is 2.70. The van der Waals surface area contributed by atoms with Crippen LogP contribution < -0.4 is 15.4 Å². The lowest BCUT2D eigenvalue weighted by atomic mass is 9.98. The van der Waals surface area contributed by atoms with Crippen molar-refractivity contribution >= 4 is 6.03 Å². The van der Waals surface area contributed by atoms with Crippen LogP contribution in [0, 0.1) is 0 Å². The molecule has 0 bridgehead atoms.